The lowest BCUT2D eigenvalue weighted by Gasteiger charge is -2.31. The summed E-state index contributed by atoms with van der Waals surface area (Å²) in [6, 6.07) is 0. The first-order valence-electron chi connectivity index (χ1n) is 7.56. The van der Waals surface area contributed by atoms with Gasteiger partial charge in [-0.25, -0.2) is 12.7 Å². The van der Waals surface area contributed by atoms with E-state index in [1.54, 1.807) is 7.11 Å². The Hall–Kier alpha value is -0.660. The maximum Gasteiger partial charge on any atom is 0.223 e. The van der Waals surface area contributed by atoms with E-state index in [1.165, 1.54) is 10.6 Å². The van der Waals surface area contributed by atoms with Crippen molar-refractivity contribution in [3.05, 3.63) is 0 Å². The normalized spacial score (nSPS) is 17.4. The van der Waals surface area contributed by atoms with Crippen LogP contribution in [0.2, 0.25) is 0 Å². The molecule has 6 nitrogen and oxygen atoms in total. The molecule has 1 aliphatic heterocycles. The van der Waals surface area contributed by atoms with Gasteiger partial charge in [0.05, 0.1) is 6.26 Å². The molecule has 21 heavy (non-hydrogen) atoms. The minimum Gasteiger partial charge on any atom is -0.385 e. The average Bonchev–Trinajstić information content (AvgIpc) is 2.41. The molecule has 0 saturated carbocycles. The molecule has 0 bridgehead atoms. The molecule has 0 aliphatic carbocycles. The fourth-order valence-electron chi connectivity index (χ4n) is 2.47. The van der Waals surface area contributed by atoms with Crippen molar-refractivity contribution in [1.29, 1.82) is 0 Å². The van der Waals surface area contributed by atoms with Crippen molar-refractivity contribution < 1.29 is 17.9 Å². The van der Waals surface area contributed by atoms with Crippen LogP contribution in [-0.4, -0.2) is 69.7 Å². The van der Waals surface area contributed by atoms with E-state index in [4.69, 9.17) is 4.74 Å². The smallest absolute Gasteiger partial charge is 0.223 e. The minimum atomic E-state index is -3.27. The van der Waals surface area contributed by atoms with Crippen LogP contribution in [0.25, 0.3) is 0 Å². The molecule has 7 heteroatoms. The summed E-state index contributed by atoms with van der Waals surface area (Å²) < 4.78 is 29.7. The summed E-state index contributed by atoms with van der Waals surface area (Å²) in [5.74, 6) is 0.734. The van der Waals surface area contributed by atoms with Crippen LogP contribution in [0.3, 0.4) is 0 Å². The first-order valence-corrected chi connectivity index (χ1v) is 9.41. The van der Waals surface area contributed by atoms with E-state index < -0.39 is 10.0 Å². The van der Waals surface area contributed by atoms with Crippen molar-refractivity contribution in [3.8, 4) is 0 Å². The summed E-state index contributed by atoms with van der Waals surface area (Å²) in [4.78, 5) is 14.0. The molecule has 1 saturated heterocycles. The van der Waals surface area contributed by atoms with Crippen LogP contribution >= 0.6 is 0 Å². The van der Waals surface area contributed by atoms with E-state index in [0.717, 1.165) is 25.9 Å². The first kappa shape index (κ1) is 18.4. The molecule has 0 aromatic heterocycles. The molecule has 0 radical (unpaired) electrons. The Kier molecular flexibility index (Phi) is 7.62. The third kappa shape index (κ3) is 6.76. The number of rotatable bonds is 8. The van der Waals surface area contributed by atoms with Crippen molar-refractivity contribution in [2.24, 2.45) is 5.92 Å². The van der Waals surface area contributed by atoms with Gasteiger partial charge < -0.3 is 9.64 Å². The number of nitrogens with zero attached hydrogens (tertiary/aromatic N) is 2. The zero-order valence-corrected chi connectivity index (χ0v) is 14.2. The highest BCUT2D eigenvalue weighted by Crippen LogP contribution is 2.16. The van der Waals surface area contributed by atoms with E-state index in [-0.39, 0.29) is 18.9 Å². The molecular formula is C14H28N2O4S. The number of hydrogen-bond acceptors (Lipinski definition) is 4. The number of piperidine rings is 1. The van der Waals surface area contributed by atoms with Crippen molar-refractivity contribution in [2.75, 3.05) is 46.2 Å². The van der Waals surface area contributed by atoms with Crippen LogP contribution in [-0.2, 0) is 19.6 Å². The highest BCUT2D eigenvalue weighted by atomic mass is 32.2. The Labute approximate surface area is 128 Å². The standard InChI is InChI=1S/C14H28N2O4S/c1-13-5-9-15(10-6-13)14(17)7-11-16(21(3,18)19)8-4-12-20-2/h13H,4-12H2,1-3H3. The summed E-state index contributed by atoms with van der Waals surface area (Å²) in [6.45, 7) is 4.96. The van der Waals surface area contributed by atoms with E-state index >= 15 is 0 Å². The minimum absolute atomic E-state index is 0.0577. The maximum absolute atomic E-state index is 12.1. The Morgan fingerprint density at radius 1 is 1.29 bits per heavy atom. The van der Waals surface area contributed by atoms with Crippen LogP contribution < -0.4 is 0 Å². The predicted octanol–water partition coefficient (Wildman–Crippen LogP) is 0.933. The van der Waals surface area contributed by atoms with Crippen LogP contribution in [0.5, 0.6) is 0 Å². The number of ether oxygens (including phenoxy) is 1. The summed E-state index contributed by atoms with van der Waals surface area (Å²) in [6.07, 6.45) is 4.16. The summed E-state index contributed by atoms with van der Waals surface area (Å²) >= 11 is 0. The van der Waals surface area contributed by atoms with E-state index in [0.29, 0.717) is 25.5 Å². The lowest BCUT2D eigenvalue weighted by Crippen LogP contribution is -2.40. The molecule has 1 aliphatic rings. The van der Waals surface area contributed by atoms with Crippen LogP contribution in [0.15, 0.2) is 0 Å². The van der Waals surface area contributed by atoms with Gasteiger partial charge in [0.2, 0.25) is 15.9 Å². The Morgan fingerprint density at radius 2 is 1.90 bits per heavy atom. The molecule has 1 fully saturated rings. The third-order valence-corrected chi connectivity index (χ3v) is 5.24. The summed E-state index contributed by atoms with van der Waals surface area (Å²) in [5, 5.41) is 0. The van der Waals surface area contributed by atoms with Gasteiger partial charge in [-0.15, -0.1) is 0 Å². The zero-order valence-electron chi connectivity index (χ0n) is 13.4. The summed E-state index contributed by atoms with van der Waals surface area (Å²) in [7, 11) is -1.68. The number of carbonyl (C=O) groups excluding carboxylic acids is 1. The number of sulfonamides is 1. The molecule has 1 rings (SSSR count). The van der Waals surface area contributed by atoms with Gasteiger partial charge in [-0.3, -0.25) is 4.79 Å². The van der Waals surface area contributed by atoms with Gasteiger partial charge in [0.15, 0.2) is 0 Å². The van der Waals surface area contributed by atoms with Gasteiger partial charge >= 0.3 is 0 Å². The Morgan fingerprint density at radius 3 is 2.43 bits per heavy atom. The highest BCUT2D eigenvalue weighted by Gasteiger charge is 2.22. The molecule has 124 valence electrons. The number of carbonyl (C=O) groups is 1. The summed E-state index contributed by atoms with van der Waals surface area (Å²) in [5.41, 5.74) is 0. The Balaban J connectivity index is 2.43. The number of hydrogen-bond donors (Lipinski definition) is 0. The molecule has 0 spiro atoms. The first-order chi connectivity index (χ1) is 9.84. The van der Waals surface area contributed by atoms with Gasteiger partial charge in [-0.2, -0.15) is 0 Å². The SMILES string of the molecule is COCCCN(CCC(=O)N1CCC(C)CC1)S(C)(=O)=O. The van der Waals surface area contributed by atoms with E-state index in [1.807, 2.05) is 4.90 Å². The number of methoxy groups -OCH3 is 1. The fraction of sp³-hybridized carbons (Fsp3) is 0.929. The van der Waals surface area contributed by atoms with E-state index in [9.17, 15) is 13.2 Å². The topological polar surface area (TPSA) is 66.9 Å². The quantitative estimate of drug-likeness (QED) is 0.624. The molecular weight excluding hydrogens is 292 g/mol. The second-order valence-corrected chi connectivity index (χ2v) is 7.80. The Bertz CT molecular complexity index is 417. The van der Waals surface area contributed by atoms with Crippen molar-refractivity contribution in [1.82, 2.24) is 9.21 Å². The van der Waals surface area contributed by atoms with Crippen molar-refractivity contribution in [2.45, 2.75) is 32.6 Å². The van der Waals surface area contributed by atoms with Crippen LogP contribution in [0.4, 0.5) is 0 Å². The molecule has 0 aromatic rings. The van der Waals surface area contributed by atoms with Crippen molar-refractivity contribution >= 4 is 15.9 Å². The molecule has 0 unspecified atom stereocenters. The predicted molar refractivity (Wildman–Crippen MR) is 82.5 cm³/mol. The fourth-order valence-corrected chi connectivity index (χ4v) is 3.35. The molecule has 0 atom stereocenters. The largest absolute Gasteiger partial charge is 0.385 e. The lowest BCUT2D eigenvalue weighted by molar-refractivity contribution is -0.132. The number of amides is 1. The molecule has 1 amide bonds. The van der Waals surface area contributed by atoms with Gasteiger partial charge in [0.25, 0.3) is 0 Å². The van der Waals surface area contributed by atoms with Gasteiger partial charge in [0.1, 0.15) is 0 Å². The van der Waals surface area contributed by atoms with Crippen LogP contribution in [0, 0.1) is 5.92 Å². The van der Waals surface area contributed by atoms with Crippen molar-refractivity contribution in [3.63, 3.8) is 0 Å². The monoisotopic (exact) mass is 320 g/mol. The lowest BCUT2D eigenvalue weighted by atomic mass is 9.99. The van der Waals surface area contributed by atoms with Crippen LogP contribution in [0.1, 0.15) is 32.6 Å². The van der Waals surface area contributed by atoms with E-state index in [2.05, 4.69) is 6.92 Å². The third-order valence-electron chi connectivity index (χ3n) is 3.94. The number of likely N-dealkylation sites (tertiary alicyclic amines) is 1. The average molecular weight is 320 g/mol. The molecule has 0 N–H and O–H groups in total. The second-order valence-electron chi connectivity index (χ2n) is 5.82. The van der Waals surface area contributed by atoms with Gasteiger partial charge in [-0.05, 0) is 25.2 Å². The maximum atomic E-state index is 12.1. The van der Waals surface area contributed by atoms with Gasteiger partial charge in [0, 0.05) is 46.3 Å². The zero-order chi connectivity index (χ0) is 15.9. The van der Waals surface area contributed by atoms with Gasteiger partial charge in [-0.1, -0.05) is 6.92 Å². The molecule has 0 aromatic carbocycles. The highest BCUT2D eigenvalue weighted by molar-refractivity contribution is 7.88. The molecule has 1 heterocycles. The second kappa shape index (κ2) is 8.70.